The lowest BCUT2D eigenvalue weighted by molar-refractivity contribution is -0.139. The van der Waals surface area contributed by atoms with Crippen molar-refractivity contribution in [2.24, 2.45) is 29.2 Å². The maximum atomic E-state index is 13.2. The van der Waals surface area contributed by atoms with Crippen molar-refractivity contribution in [2.75, 3.05) is 24.6 Å². The number of nitrogens with two attached hydrogens (primary N) is 2. The fourth-order valence-electron chi connectivity index (χ4n) is 4.85. The number of hydrogen-bond donors (Lipinski definition) is 5. The first kappa shape index (κ1) is 42.5. The highest BCUT2D eigenvalue weighted by Gasteiger charge is 2.33. The highest BCUT2D eigenvalue weighted by Crippen LogP contribution is 2.17. The fraction of sp³-hybridized carbons (Fsp3) is 0.806. The van der Waals surface area contributed by atoms with Crippen molar-refractivity contribution in [3.05, 3.63) is 0 Å². The number of rotatable bonds is 26. The number of nitrogens with one attached hydrogen (secondary N) is 2. The molecule has 0 aliphatic heterocycles. The third-order valence-corrected chi connectivity index (χ3v) is 9.50. The van der Waals surface area contributed by atoms with Gasteiger partial charge in [0, 0.05) is 31.6 Å². The van der Waals surface area contributed by atoms with E-state index in [-0.39, 0.29) is 37.2 Å². The molecular formula is C31H56N4O9S. The summed E-state index contributed by atoms with van der Waals surface area (Å²) in [5.74, 6) is -6.88. The van der Waals surface area contributed by atoms with Crippen LogP contribution in [0.5, 0.6) is 0 Å². The van der Waals surface area contributed by atoms with Gasteiger partial charge >= 0.3 is 0 Å². The van der Waals surface area contributed by atoms with Crippen molar-refractivity contribution in [2.45, 2.75) is 117 Å². The lowest BCUT2D eigenvalue weighted by Gasteiger charge is -2.25. The van der Waals surface area contributed by atoms with Gasteiger partial charge in [0.2, 0.25) is 17.6 Å². The number of ketones is 4. The second kappa shape index (κ2) is 22.1. The Bertz CT molecular complexity index is 1090. The third-order valence-electron chi connectivity index (χ3n) is 7.68. The second-order valence-electron chi connectivity index (χ2n) is 12.1. The maximum absolute atomic E-state index is 13.2. The molecule has 14 heteroatoms. The summed E-state index contributed by atoms with van der Waals surface area (Å²) >= 11 is 0. The maximum Gasteiger partial charge on any atom is 0.224 e. The van der Waals surface area contributed by atoms with Crippen molar-refractivity contribution in [1.29, 1.82) is 0 Å². The molecule has 6 atom stereocenters. The molecule has 0 unspecified atom stereocenters. The van der Waals surface area contributed by atoms with E-state index in [9.17, 15) is 42.3 Å². The van der Waals surface area contributed by atoms with Crippen molar-refractivity contribution in [1.82, 2.24) is 10.6 Å². The Labute approximate surface area is 268 Å². The van der Waals surface area contributed by atoms with Crippen molar-refractivity contribution in [3.8, 4) is 0 Å². The average Bonchev–Trinajstić information content (AvgIpc) is 2.96. The number of carbonyl (C=O) groups excluding carboxylic acids is 6. The molecule has 45 heavy (non-hydrogen) atoms. The van der Waals surface area contributed by atoms with Gasteiger partial charge in [-0.05, 0) is 58.5 Å². The first-order valence-electron chi connectivity index (χ1n) is 16.0. The van der Waals surface area contributed by atoms with Gasteiger partial charge in [0.25, 0.3) is 0 Å². The summed E-state index contributed by atoms with van der Waals surface area (Å²) < 4.78 is 25.2. The smallest absolute Gasteiger partial charge is 0.224 e. The molecule has 0 spiro atoms. The van der Waals surface area contributed by atoms with Crippen molar-refractivity contribution >= 4 is 44.8 Å². The van der Waals surface area contributed by atoms with Gasteiger partial charge in [0.15, 0.2) is 27.2 Å². The molecular weight excluding hydrogens is 604 g/mol. The zero-order chi connectivity index (χ0) is 34.7. The van der Waals surface area contributed by atoms with Crippen LogP contribution in [0.15, 0.2) is 0 Å². The Balaban J connectivity index is 5.64. The Morgan fingerprint density at radius 1 is 0.756 bits per heavy atom. The molecule has 7 N–H and O–H groups in total. The molecule has 0 bridgehead atoms. The average molecular weight is 661 g/mol. The van der Waals surface area contributed by atoms with Gasteiger partial charge in [-0.15, -0.1) is 0 Å². The molecule has 0 aromatic carbocycles. The molecule has 0 rings (SSSR count). The molecule has 2 amide bonds. The van der Waals surface area contributed by atoms with E-state index in [4.69, 9.17) is 11.5 Å². The van der Waals surface area contributed by atoms with Crippen LogP contribution in [0.2, 0.25) is 0 Å². The van der Waals surface area contributed by atoms with Crippen molar-refractivity contribution in [3.63, 3.8) is 0 Å². The van der Waals surface area contributed by atoms with E-state index >= 15 is 0 Å². The molecule has 0 fully saturated rings. The molecule has 0 saturated carbocycles. The molecule has 0 aromatic rings. The summed E-state index contributed by atoms with van der Waals surface area (Å²) in [7, 11) is -3.54. The van der Waals surface area contributed by atoms with E-state index in [0.29, 0.717) is 51.6 Å². The zero-order valence-corrected chi connectivity index (χ0v) is 28.5. The SMILES string of the molecule is CCCCS(=O)(=O)C[C@@H](CCCCN)C(=O)N[C@H](C(=O)C[C@@H](C)C(=O)N[C@@H](CCCCN)C(=O)C[C@@H](C)C(=O)C(C)=O)[C@@H](C)O. The van der Waals surface area contributed by atoms with E-state index in [1.54, 1.807) is 0 Å². The fourth-order valence-corrected chi connectivity index (χ4v) is 6.67. The van der Waals surface area contributed by atoms with Gasteiger partial charge in [-0.2, -0.15) is 0 Å². The Hall–Kier alpha value is -2.55. The topological polar surface area (TPSA) is 233 Å². The molecule has 0 radical (unpaired) electrons. The van der Waals surface area contributed by atoms with Crippen LogP contribution in [0, 0.1) is 17.8 Å². The van der Waals surface area contributed by atoms with E-state index in [2.05, 4.69) is 10.6 Å². The predicted molar refractivity (Wildman–Crippen MR) is 172 cm³/mol. The molecule has 0 aliphatic carbocycles. The van der Waals surface area contributed by atoms with E-state index in [1.165, 1.54) is 20.8 Å². The number of sulfone groups is 1. The monoisotopic (exact) mass is 660 g/mol. The summed E-state index contributed by atoms with van der Waals surface area (Å²) in [6.07, 6.45) is 1.90. The third kappa shape index (κ3) is 17.1. The summed E-state index contributed by atoms with van der Waals surface area (Å²) in [4.78, 5) is 75.9. The molecule has 0 aromatic heterocycles. The lowest BCUT2D eigenvalue weighted by Crippen LogP contribution is -2.51. The molecule has 0 saturated heterocycles. The number of unbranched alkanes of at least 4 members (excludes halogenated alkanes) is 3. The molecule has 260 valence electrons. The second-order valence-corrected chi connectivity index (χ2v) is 14.3. The van der Waals surface area contributed by atoms with Crippen LogP contribution in [0.3, 0.4) is 0 Å². The lowest BCUT2D eigenvalue weighted by atomic mass is 9.92. The standard InChI is InChI=1S/C31H56N4O9S/c1-6-7-16-45(43,44)19-24(12-8-10-14-32)31(42)35-28(22(4)36)27(39)18-21(3)30(41)34-25(13-9-11-15-33)26(38)17-20(2)29(40)23(5)37/h20-22,24-25,28,36H,6-19,32-33H2,1-5H3,(H,34,41)(H,35,42)/t20-,21-,22-,24-,25+,28+/m1/s1. The van der Waals surface area contributed by atoms with Crippen LogP contribution in [0.1, 0.15) is 98.8 Å². The van der Waals surface area contributed by atoms with Crippen LogP contribution < -0.4 is 22.1 Å². The largest absolute Gasteiger partial charge is 0.391 e. The molecule has 0 heterocycles. The zero-order valence-electron chi connectivity index (χ0n) is 27.6. The van der Waals surface area contributed by atoms with E-state index in [1.807, 2.05) is 6.92 Å². The van der Waals surface area contributed by atoms with E-state index < -0.39 is 80.7 Å². The van der Waals surface area contributed by atoms with Gasteiger partial charge in [0.1, 0.15) is 6.04 Å². The Morgan fingerprint density at radius 3 is 1.82 bits per heavy atom. The summed E-state index contributed by atoms with van der Waals surface area (Å²) in [6.45, 7) is 7.99. The molecule has 0 aliphatic rings. The number of aliphatic hydroxyl groups is 1. The Morgan fingerprint density at radius 2 is 1.31 bits per heavy atom. The minimum absolute atomic E-state index is 0.0583. The van der Waals surface area contributed by atoms with Gasteiger partial charge in [-0.1, -0.05) is 33.6 Å². The van der Waals surface area contributed by atoms with Gasteiger partial charge in [0.05, 0.1) is 29.6 Å². The quantitative estimate of drug-likeness (QED) is 0.0642. The van der Waals surface area contributed by atoms with Crippen LogP contribution >= 0.6 is 0 Å². The van der Waals surface area contributed by atoms with Gasteiger partial charge in [-0.3, -0.25) is 28.8 Å². The number of carbonyl (C=O) groups is 6. The highest BCUT2D eigenvalue weighted by atomic mass is 32.2. The van der Waals surface area contributed by atoms with Crippen LogP contribution in [0.4, 0.5) is 0 Å². The first-order valence-corrected chi connectivity index (χ1v) is 17.8. The minimum Gasteiger partial charge on any atom is -0.391 e. The van der Waals surface area contributed by atoms with Crippen molar-refractivity contribution < 1.29 is 42.3 Å². The van der Waals surface area contributed by atoms with Crippen LogP contribution in [-0.4, -0.2) is 91.3 Å². The number of hydrogen-bond acceptors (Lipinski definition) is 11. The number of aliphatic hydroxyl groups excluding tert-OH is 1. The van der Waals surface area contributed by atoms with Crippen LogP contribution in [0.25, 0.3) is 0 Å². The predicted octanol–water partition coefficient (Wildman–Crippen LogP) is 0.775. The summed E-state index contributed by atoms with van der Waals surface area (Å²) in [6, 6.07) is -2.34. The van der Waals surface area contributed by atoms with E-state index in [0.717, 1.165) is 6.92 Å². The Kier molecular flexibility index (Phi) is 20.8. The van der Waals surface area contributed by atoms with Gasteiger partial charge in [-0.25, -0.2) is 8.42 Å². The normalized spacial score (nSPS) is 15.6. The number of amides is 2. The molecule has 13 nitrogen and oxygen atoms in total. The van der Waals surface area contributed by atoms with Crippen LogP contribution in [-0.2, 0) is 38.6 Å². The highest BCUT2D eigenvalue weighted by molar-refractivity contribution is 7.91. The van der Waals surface area contributed by atoms with Gasteiger partial charge < -0.3 is 27.2 Å². The summed E-state index contributed by atoms with van der Waals surface area (Å²) in [5, 5.41) is 15.5. The summed E-state index contributed by atoms with van der Waals surface area (Å²) in [5.41, 5.74) is 11.1. The first-order chi connectivity index (χ1) is 21.0. The number of Topliss-reactive ketones (excluding diaryl/α,β-unsaturated/α-hetero) is 4. The minimum atomic E-state index is -3.54.